The van der Waals surface area contributed by atoms with Crippen LogP contribution in [0, 0.1) is 18.7 Å². The highest BCUT2D eigenvalue weighted by atomic mass is 19.1. The monoisotopic (exact) mass is 518 g/mol. The van der Waals surface area contributed by atoms with Gasteiger partial charge in [0.25, 0.3) is 17.6 Å². The Labute approximate surface area is 222 Å². The Kier molecular flexibility index (Phi) is 7.34. The first-order valence-electron chi connectivity index (χ1n) is 13.4. The molecule has 2 amide bonds. The van der Waals surface area contributed by atoms with E-state index in [0.717, 1.165) is 49.0 Å². The fourth-order valence-corrected chi connectivity index (χ4v) is 5.68. The molecule has 0 unspecified atom stereocenters. The summed E-state index contributed by atoms with van der Waals surface area (Å²) in [4.78, 5) is 45.5. The summed E-state index contributed by atoms with van der Waals surface area (Å²) < 4.78 is 15.1. The van der Waals surface area contributed by atoms with Gasteiger partial charge < -0.3 is 19.3 Å². The third kappa shape index (κ3) is 5.23. The maximum atomic E-state index is 13.6. The van der Waals surface area contributed by atoms with Crippen molar-refractivity contribution in [2.75, 3.05) is 46.3 Å². The number of aromatic nitrogens is 1. The van der Waals surface area contributed by atoms with Gasteiger partial charge in [0.15, 0.2) is 0 Å². The molecule has 0 saturated carbocycles. The van der Waals surface area contributed by atoms with E-state index < -0.39 is 11.7 Å². The Balaban J connectivity index is 1.32. The molecule has 0 spiro atoms. The molecule has 2 aliphatic heterocycles. The first-order chi connectivity index (χ1) is 18.2. The largest absolute Gasteiger partial charge is 0.350 e. The Morgan fingerprint density at radius 3 is 2.18 bits per heavy atom. The number of fused-ring (bicyclic) bond motifs is 1. The standard InChI is InChI=1S/C30H35FN4O3/c1-20-16-27-25(26(19-33(27)3)28(36)30(38)35-14-12-32(2)13-15-35)18-24(20)29(37)34-10-8-22(9-11-34)17-21-4-6-23(31)7-5-21/h4-7,16,18-19,22H,8-15,17H2,1-3H3. The Morgan fingerprint density at radius 1 is 0.868 bits per heavy atom. The number of hydrogen-bond acceptors (Lipinski definition) is 4. The number of nitrogens with zero attached hydrogens (tertiary/aromatic N) is 4. The molecule has 0 bridgehead atoms. The van der Waals surface area contributed by atoms with Crippen molar-refractivity contribution in [3.8, 4) is 0 Å². The quantitative estimate of drug-likeness (QED) is 0.382. The lowest BCUT2D eigenvalue weighted by Crippen LogP contribution is -2.49. The van der Waals surface area contributed by atoms with Crippen LogP contribution in [-0.4, -0.2) is 83.2 Å². The predicted octanol–water partition coefficient (Wildman–Crippen LogP) is 3.68. The lowest BCUT2D eigenvalue weighted by molar-refractivity contribution is -0.127. The molecule has 2 aromatic carbocycles. The number of halogens is 1. The van der Waals surface area contributed by atoms with E-state index in [4.69, 9.17) is 0 Å². The van der Waals surface area contributed by atoms with E-state index in [-0.39, 0.29) is 11.7 Å². The number of rotatable bonds is 5. The van der Waals surface area contributed by atoms with Gasteiger partial charge in [-0.25, -0.2) is 4.39 Å². The fraction of sp³-hybridized carbons (Fsp3) is 0.433. The van der Waals surface area contributed by atoms with E-state index in [1.807, 2.05) is 48.7 Å². The van der Waals surface area contributed by atoms with Crippen molar-refractivity contribution in [1.29, 1.82) is 0 Å². The van der Waals surface area contributed by atoms with E-state index in [1.165, 1.54) is 12.1 Å². The van der Waals surface area contributed by atoms with Crippen LogP contribution in [0.25, 0.3) is 10.9 Å². The second-order valence-corrected chi connectivity index (χ2v) is 10.8. The first-order valence-corrected chi connectivity index (χ1v) is 13.4. The van der Waals surface area contributed by atoms with Crippen molar-refractivity contribution < 1.29 is 18.8 Å². The zero-order valence-corrected chi connectivity index (χ0v) is 22.4. The molecule has 200 valence electrons. The van der Waals surface area contributed by atoms with E-state index in [0.29, 0.717) is 48.6 Å². The number of Topliss-reactive ketones (excluding diaryl/α,β-unsaturated/α-hetero) is 1. The highest BCUT2D eigenvalue weighted by Gasteiger charge is 2.30. The van der Waals surface area contributed by atoms with Crippen LogP contribution in [0.4, 0.5) is 4.39 Å². The van der Waals surface area contributed by atoms with Crippen LogP contribution in [0.2, 0.25) is 0 Å². The SMILES string of the molecule is Cc1cc2c(cc1C(=O)N1CCC(Cc3ccc(F)cc3)CC1)c(C(=O)C(=O)N1CCN(C)CC1)cn2C. The Hall–Kier alpha value is -3.52. The van der Waals surface area contributed by atoms with Gasteiger partial charge in [-0.3, -0.25) is 14.4 Å². The van der Waals surface area contributed by atoms with E-state index in [9.17, 15) is 18.8 Å². The van der Waals surface area contributed by atoms with Gasteiger partial charge in [0.2, 0.25) is 0 Å². The predicted molar refractivity (Wildman–Crippen MR) is 145 cm³/mol. The molecule has 0 radical (unpaired) electrons. The molecular formula is C30H35FN4O3. The number of amides is 2. The van der Waals surface area contributed by atoms with Crippen molar-refractivity contribution in [3.05, 3.63) is 70.7 Å². The van der Waals surface area contributed by atoms with Crippen LogP contribution in [0.3, 0.4) is 0 Å². The van der Waals surface area contributed by atoms with E-state index >= 15 is 0 Å². The summed E-state index contributed by atoms with van der Waals surface area (Å²) >= 11 is 0. The van der Waals surface area contributed by atoms with Gasteiger partial charge in [0, 0.05) is 69.0 Å². The van der Waals surface area contributed by atoms with Crippen LogP contribution in [0.1, 0.15) is 44.7 Å². The van der Waals surface area contributed by atoms with Crippen molar-refractivity contribution in [2.24, 2.45) is 13.0 Å². The molecule has 0 aliphatic carbocycles. The van der Waals surface area contributed by atoms with Crippen molar-refractivity contribution in [1.82, 2.24) is 19.3 Å². The number of piperidine rings is 1. The minimum atomic E-state index is -0.524. The van der Waals surface area contributed by atoms with Gasteiger partial charge >= 0.3 is 0 Å². The van der Waals surface area contributed by atoms with Gasteiger partial charge in [-0.05, 0) is 74.5 Å². The van der Waals surface area contributed by atoms with Crippen LogP contribution in [0.15, 0.2) is 42.6 Å². The number of benzene rings is 2. The number of aryl methyl sites for hydroxylation is 2. The summed E-state index contributed by atoms with van der Waals surface area (Å²) in [6.07, 6.45) is 4.36. The Bertz CT molecular complexity index is 1360. The number of hydrogen-bond donors (Lipinski definition) is 0. The van der Waals surface area contributed by atoms with E-state index in [2.05, 4.69) is 4.90 Å². The molecule has 0 atom stereocenters. The average Bonchev–Trinajstić information content (AvgIpc) is 3.24. The number of carbonyl (C=O) groups excluding carboxylic acids is 3. The molecule has 0 N–H and O–H groups in total. The van der Waals surface area contributed by atoms with Crippen LogP contribution in [-0.2, 0) is 18.3 Å². The smallest absolute Gasteiger partial charge is 0.295 e. The minimum Gasteiger partial charge on any atom is -0.350 e. The summed E-state index contributed by atoms with van der Waals surface area (Å²) in [6.45, 7) is 5.78. The molecule has 8 heteroatoms. The number of piperazine rings is 1. The molecule has 5 rings (SSSR count). The fourth-order valence-electron chi connectivity index (χ4n) is 5.68. The average molecular weight is 519 g/mol. The van der Waals surface area contributed by atoms with Gasteiger partial charge in [-0.15, -0.1) is 0 Å². The van der Waals surface area contributed by atoms with Crippen molar-refractivity contribution >= 4 is 28.5 Å². The van der Waals surface area contributed by atoms with Crippen LogP contribution >= 0.6 is 0 Å². The number of likely N-dealkylation sites (N-methyl/N-ethyl adjacent to an activating group) is 1. The van der Waals surface area contributed by atoms with Crippen LogP contribution < -0.4 is 0 Å². The highest BCUT2D eigenvalue weighted by Crippen LogP contribution is 2.28. The molecule has 7 nitrogen and oxygen atoms in total. The molecular weight excluding hydrogens is 483 g/mol. The lowest BCUT2D eigenvalue weighted by Gasteiger charge is -2.32. The summed E-state index contributed by atoms with van der Waals surface area (Å²) in [5, 5.41) is 0.639. The summed E-state index contributed by atoms with van der Waals surface area (Å²) in [5.74, 6) is -0.830. The molecule has 2 fully saturated rings. The van der Waals surface area contributed by atoms with Gasteiger partial charge in [-0.2, -0.15) is 0 Å². The number of carbonyl (C=O) groups is 3. The highest BCUT2D eigenvalue weighted by molar-refractivity contribution is 6.45. The molecule has 3 heterocycles. The topological polar surface area (TPSA) is 65.9 Å². The maximum Gasteiger partial charge on any atom is 0.295 e. The third-order valence-corrected chi connectivity index (χ3v) is 8.13. The molecule has 2 saturated heterocycles. The zero-order chi connectivity index (χ0) is 27.0. The van der Waals surface area contributed by atoms with Gasteiger partial charge in [0.05, 0.1) is 5.56 Å². The number of likely N-dealkylation sites (tertiary alicyclic amines) is 1. The normalized spacial score (nSPS) is 17.3. The summed E-state index contributed by atoms with van der Waals surface area (Å²) in [7, 11) is 3.86. The minimum absolute atomic E-state index is 0.0442. The molecule has 2 aliphatic rings. The maximum absolute atomic E-state index is 13.6. The molecule has 1 aromatic heterocycles. The number of ketones is 1. The van der Waals surface area contributed by atoms with Crippen molar-refractivity contribution in [2.45, 2.75) is 26.2 Å². The Morgan fingerprint density at radius 2 is 1.53 bits per heavy atom. The zero-order valence-electron chi connectivity index (χ0n) is 22.4. The third-order valence-electron chi connectivity index (χ3n) is 8.13. The second-order valence-electron chi connectivity index (χ2n) is 10.8. The second kappa shape index (κ2) is 10.7. The van der Waals surface area contributed by atoms with Gasteiger partial charge in [0.1, 0.15) is 5.82 Å². The summed E-state index contributed by atoms with van der Waals surface area (Å²) in [6, 6.07) is 10.4. The molecule has 3 aromatic rings. The van der Waals surface area contributed by atoms with Crippen molar-refractivity contribution in [3.63, 3.8) is 0 Å². The summed E-state index contributed by atoms with van der Waals surface area (Å²) in [5.41, 5.74) is 3.71. The van der Waals surface area contributed by atoms with E-state index in [1.54, 1.807) is 17.2 Å². The van der Waals surface area contributed by atoms with Gasteiger partial charge in [-0.1, -0.05) is 12.1 Å². The van der Waals surface area contributed by atoms with Crippen LogP contribution in [0.5, 0.6) is 0 Å². The molecule has 38 heavy (non-hydrogen) atoms. The lowest BCUT2D eigenvalue weighted by atomic mass is 9.89. The first kappa shape index (κ1) is 26.1.